The minimum Gasteiger partial charge on any atom is -0.481 e. The van der Waals surface area contributed by atoms with Crippen LogP contribution in [0.1, 0.15) is 17.2 Å². The summed E-state index contributed by atoms with van der Waals surface area (Å²) in [7, 11) is 0. The van der Waals surface area contributed by atoms with E-state index in [1.165, 1.54) is 36.5 Å². The van der Waals surface area contributed by atoms with E-state index in [9.17, 15) is 24.4 Å². The number of nitro groups is 1. The van der Waals surface area contributed by atoms with Gasteiger partial charge in [-0.3, -0.25) is 19.9 Å². The molecule has 21 heavy (non-hydrogen) atoms. The average Bonchev–Trinajstić information content (AvgIpc) is 2.46. The molecule has 2 aromatic rings. The van der Waals surface area contributed by atoms with Gasteiger partial charge in [0.2, 0.25) is 0 Å². The van der Waals surface area contributed by atoms with Gasteiger partial charge in [-0.05, 0) is 24.1 Å². The van der Waals surface area contributed by atoms with Crippen molar-refractivity contribution < 1.29 is 19.2 Å². The van der Waals surface area contributed by atoms with Crippen LogP contribution in [0.5, 0.6) is 0 Å². The lowest BCUT2D eigenvalue weighted by molar-refractivity contribution is -0.385. The highest BCUT2D eigenvalue weighted by molar-refractivity contribution is 5.76. The van der Waals surface area contributed by atoms with Crippen LogP contribution in [-0.2, 0) is 11.2 Å². The van der Waals surface area contributed by atoms with Crippen LogP contribution in [0.25, 0.3) is 0 Å². The number of halogens is 1. The molecular weight excluding hydrogens is 279 g/mol. The largest absolute Gasteiger partial charge is 0.481 e. The molecule has 7 heteroatoms. The molecule has 6 nitrogen and oxygen atoms in total. The number of hydrogen-bond acceptors (Lipinski definition) is 4. The van der Waals surface area contributed by atoms with E-state index in [0.29, 0.717) is 5.56 Å². The highest BCUT2D eigenvalue weighted by atomic mass is 19.1. The van der Waals surface area contributed by atoms with Gasteiger partial charge < -0.3 is 5.11 Å². The molecular formula is C14H11FN2O4. The van der Waals surface area contributed by atoms with Crippen LogP contribution in [-0.4, -0.2) is 21.0 Å². The maximum Gasteiger partial charge on any atom is 0.312 e. The van der Waals surface area contributed by atoms with Gasteiger partial charge in [0.05, 0.1) is 10.6 Å². The molecule has 1 atom stereocenters. The molecule has 0 amide bonds. The Morgan fingerprint density at radius 3 is 2.57 bits per heavy atom. The molecule has 1 aromatic carbocycles. The summed E-state index contributed by atoms with van der Waals surface area (Å²) in [5.41, 5.74) is 0.489. The van der Waals surface area contributed by atoms with Gasteiger partial charge in [-0.2, -0.15) is 0 Å². The van der Waals surface area contributed by atoms with Crippen LogP contribution >= 0.6 is 0 Å². The quantitative estimate of drug-likeness (QED) is 0.674. The first kappa shape index (κ1) is 14.6. The summed E-state index contributed by atoms with van der Waals surface area (Å²) in [6.07, 6.45) is 1.28. The normalized spacial score (nSPS) is 11.9. The molecule has 0 aliphatic heterocycles. The average molecular weight is 290 g/mol. The number of pyridine rings is 1. The van der Waals surface area contributed by atoms with E-state index in [2.05, 4.69) is 4.98 Å². The second-order valence-electron chi connectivity index (χ2n) is 4.42. The van der Waals surface area contributed by atoms with Crippen molar-refractivity contribution in [2.75, 3.05) is 0 Å². The number of hydrogen-bond donors (Lipinski definition) is 1. The first-order valence-corrected chi connectivity index (χ1v) is 6.05. The molecule has 0 radical (unpaired) electrons. The summed E-state index contributed by atoms with van der Waals surface area (Å²) in [6, 6.07) is 7.75. The smallest absolute Gasteiger partial charge is 0.312 e. The van der Waals surface area contributed by atoms with Crippen LogP contribution in [0.4, 0.5) is 10.1 Å². The van der Waals surface area contributed by atoms with Crippen LogP contribution in [0.15, 0.2) is 42.6 Å². The molecule has 0 saturated carbocycles. The number of nitrogens with zero attached hydrogens (tertiary/aromatic N) is 2. The van der Waals surface area contributed by atoms with Gasteiger partial charge in [-0.15, -0.1) is 0 Å². The lowest BCUT2D eigenvalue weighted by Crippen LogP contribution is -2.16. The molecule has 1 heterocycles. The van der Waals surface area contributed by atoms with Crippen LogP contribution < -0.4 is 0 Å². The molecule has 0 spiro atoms. The summed E-state index contributed by atoms with van der Waals surface area (Å²) >= 11 is 0. The Balaban J connectivity index is 2.31. The summed E-state index contributed by atoms with van der Waals surface area (Å²) in [4.78, 5) is 25.4. The Hall–Kier alpha value is -2.83. The van der Waals surface area contributed by atoms with E-state index < -0.39 is 22.6 Å². The number of aromatic nitrogens is 1. The highest BCUT2D eigenvalue weighted by Crippen LogP contribution is 2.23. The van der Waals surface area contributed by atoms with E-state index in [1.807, 2.05) is 0 Å². The van der Waals surface area contributed by atoms with Gasteiger partial charge in [0.15, 0.2) is 0 Å². The topological polar surface area (TPSA) is 93.3 Å². The Morgan fingerprint density at radius 1 is 1.33 bits per heavy atom. The maximum absolute atomic E-state index is 12.8. The zero-order chi connectivity index (χ0) is 15.4. The fourth-order valence-electron chi connectivity index (χ4n) is 1.92. The number of benzene rings is 1. The molecule has 0 fully saturated rings. The predicted molar refractivity (Wildman–Crippen MR) is 71.4 cm³/mol. The van der Waals surface area contributed by atoms with Gasteiger partial charge in [-0.1, -0.05) is 12.1 Å². The molecule has 0 aliphatic carbocycles. The van der Waals surface area contributed by atoms with E-state index in [1.54, 1.807) is 0 Å². The third-order valence-corrected chi connectivity index (χ3v) is 2.98. The van der Waals surface area contributed by atoms with Crippen molar-refractivity contribution in [1.29, 1.82) is 0 Å². The van der Waals surface area contributed by atoms with Crippen LogP contribution in [0, 0.1) is 15.9 Å². The summed E-state index contributed by atoms with van der Waals surface area (Å²) in [6.45, 7) is 0. The Kier molecular flexibility index (Phi) is 4.22. The van der Waals surface area contributed by atoms with E-state index in [0.717, 1.165) is 6.07 Å². The Bertz CT molecular complexity index is 673. The first-order valence-electron chi connectivity index (χ1n) is 6.05. The third kappa shape index (κ3) is 3.59. The summed E-state index contributed by atoms with van der Waals surface area (Å²) in [5.74, 6) is -2.60. The molecule has 1 unspecified atom stereocenters. The zero-order valence-corrected chi connectivity index (χ0v) is 10.8. The predicted octanol–water partition coefficient (Wildman–Crippen LogP) is 2.54. The number of carboxylic acid groups (broad SMARTS) is 1. The summed E-state index contributed by atoms with van der Waals surface area (Å²) < 4.78 is 12.8. The molecule has 1 aromatic heterocycles. The fraction of sp³-hybridized carbons (Fsp3) is 0.143. The number of carbonyl (C=O) groups is 1. The number of carboxylic acids is 1. The van der Waals surface area contributed by atoms with E-state index in [-0.39, 0.29) is 17.8 Å². The zero-order valence-electron chi connectivity index (χ0n) is 10.8. The third-order valence-electron chi connectivity index (χ3n) is 2.98. The Morgan fingerprint density at radius 2 is 2.00 bits per heavy atom. The monoisotopic (exact) mass is 290 g/mol. The minimum absolute atomic E-state index is 0.0732. The molecule has 2 rings (SSSR count). The van der Waals surface area contributed by atoms with Gasteiger partial charge >= 0.3 is 5.97 Å². The first-order chi connectivity index (χ1) is 9.97. The molecule has 0 bridgehead atoms. The van der Waals surface area contributed by atoms with Gasteiger partial charge in [0, 0.05) is 18.3 Å². The molecule has 108 valence electrons. The van der Waals surface area contributed by atoms with Crippen LogP contribution in [0.2, 0.25) is 0 Å². The van der Waals surface area contributed by atoms with Crippen molar-refractivity contribution in [1.82, 2.24) is 4.98 Å². The van der Waals surface area contributed by atoms with Gasteiger partial charge in [-0.25, -0.2) is 4.39 Å². The Labute approximate surface area is 119 Å². The summed E-state index contributed by atoms with van der Waals surface area (Å²) in [5, 5.41) is 20.0. The molecule has 0 saturated heterocycles. The standard InChI is InChI=1S/C14H11FN2O4/c15-10-3-1-9(2-4-10)7-12(14(18)19)13-8-11(17(20)21)5-6-16-13/h1-6,8,12H,7H2,(H,18,19). The highest BCUT2D eigenvalue weighted by Gasteiger charge is 2.23. The van der Waals surface area contributed by atoms with Crippen molar-refractivity contribution >= 4 is 11.7 Å². The van der Waals surface area contributed by atoms with E-state index >= 15 is 0 Å². The van der Waals surface area contributed by atoms with Crippen LogP contribution in [0.3, 0.4) is 0 Å². The van der Waals surface area contributed by atoms with Crippen molar-refractivity contribution in [2.24, 2.45) is 0 Å². The van der Waals surface area contributed by atoms with Crippen molar-refractivity contribution in [3.05, 3.63) is 69.8 Å². The second-order valence-corrected chi connectivity index (χ2v) is 4.42. The number of aliphatic carboxylic acids is 1. The lowest BCUT2D eigenvalue weighted by Gasteiger charge is -2.11. The second kappa shape index (κ2) is 6.08. The van der Waals surface area contributed by atoms with Gasteiger partial charge in [0.25, 0.3) is 5.69 Å². The van der Waals surface area contributed by atoms with Crippen molar-refractivity contribution in [3.63, 3.8) is 0 Å². The molecule has 1 N–H and O–H groups in total. The fourth-order valence-corrected chi connectivity index (χ4v) is 1.92. The van der Waals surface area contributed by atoms with Crippen molar-refractivity contribution in [3.8, 4) is 0 Å². The molecule has 0 aliphatic rings. The number of rotatable bonds is 5. The maximum atomic E-state index is 12.8. The lowest BCUT2D eigenvalue weighted by atomic mass is 9.95. The van der Waals surface area contributed by atoms with E-state index in [4.69, 9.17) is 0 Å². The minimum atomic E-state index is -1.15. The van der Waals surface area contributed by atoms with Gasteiger partial charge in [0.1, 0.15) is 11.7 Å². The SMILES string of the molecule is O=C(O)C(Cc1ccc(F)cc1)c1cc([N+](=O)[O-])ccn1. The van der Waals surface area contributed by atoms with Crippen molar-refractivity contribution in [2.45, 2.75) is 12.3 Å².